The topological polar surface area (TPSA) is 92.3 Å². The molecule has 124 valence electrons. The molecular weight excluding hydrogens is 336 g/mol. The third-order valence-corrected chi connectivity index (χ3v) is 6.32. The van der Waals surface area contributed by atoms with Crippen molar-refractivity contribution in [1.29, 1.82) is 0 Å². The van der Waals surface area contributed by atoms with E-state index in [1.807, 2.05) is 19.9 Å². The first-order valence-corrected chi connectivity index (χ1v) is 9.76. The number of anilines is 1. The fourth-order valence-electron chi connectivity index (χ4n) is 1.99. The molecule has 0 aromatic heterocycles. The molecule has 0 aliphatic heterocycles. The van der Waals surface area contributed by atoms with Crippen LogP contribution in [-0.4, -0.2) is 23.9 Å². The Morgan fingerprint density at radius 1 is 0.826 bits per heavy atom. The van der Waals surface area contributed by atoms with Gasteiger partial charge in [0.2, 0.25) is 10.0 Å². The van der Waals surface area contributed by atoms with E-state index in [9.17, 15) is 16.8 Å². The highest BCUT2D eigenvalue weighted by molar-refractivity contribution is 7.93. The summed E-state index contributed by atoms with van der Waals surface area (Å²) in [6, 6.07) is 10.5. The summed E-state index contributed by atoms with van der Waals surface area (Å²) < 4.78 is 53.3. The molecule has 6 nitrogen and oxygen atoms in total. The minimum absolute atomic E-state index is 0.108. The molecule has 0 radical (unpaired) electrons. The average Bonchev–Trinajstić information content (AvgIpc) is 2.52. The minimum Gasteiger partial charge on any atom is -0.279 e. The molecule has 0 heterocycles. The van der Waals surface area contributed by atoms with Crippen LogP contribution in [0.15, 0.2) is 52.3 Å². The van der Waals surface area contributed by atoms with Crippen LogP contribution in [-0.2, 0) is 20.0 Å². The van der Waals surface area contributed by atoms with E-state index in [0.717, 1.165) is 17.2 Å². The lowest BCUT2D eigenvalue weighted by molar-refractivity contribution is 0.588. The van der Waals surface area contributed by atoms with Gasteiger partial charge in [0.1, 0.15) is 0 Å². The number of benzene rings is 2. The van der Waals surface area contributed by atoms with Crippen LogP contribution in [0, 0.1) is 13.8 Å². The van der Waals surface area contributed by atoms with Crippen molar-refractivity contribution >= 4 is 25.7 Å². The second-order valence-corrected chi connectivity index (χ2v) is 8.60. The lowest BCUT2D eigenvalue weighted by Crippen LogP contribution is -2.20. The molecule has 2 aromatic carbocycles. The van der Waals surface area contributed by atoms with Crippen LogP contribution in [0.2, 0.25) is 0 Å². The van der Waals surface area contributed by atoms with Crippen LogP contribution in [0.5, 0.6) is 0 Å². The third kappa shape index (κ3) is 3.72. The number of rotatable bonds is 5. The van der Waals surface area contributed by atoms with Crippen LogP contribution in [0.4, 0.5) is 5.69 Å². The first-order chi connectivity index (χ1) is 10.7. The molecule has 23 heavy (non-hydrogen) atoms. The highest BCUT2D eigenvalue weighted by atomic mass is 32.2. The highest BCUT2D eigenvalue weighted by Gasteiger charge is 2.19. The van der Waals surface area contributed by atoms with Crippen molar-refractivity contribution < 1.29 is 16.8 Å². The molecule has 2 rings (SSSR count). The van der Waals surface area contributed by atoms with Gasteiger partial charge in [-0.25, -0.2) is 21.6 Å². The summed E-state index contributed by atoms with van der Waals surface area (Å²) in [5, 5.41) is 0. The maximum absolute atomic E-state index is 12.5. The molecule has 0 saturated carbocycles. The second-order valence-electron chi connectivity index (χ2n) is 5.04. The zero-order valence-corrected chi connectivity index (χ0v) is 14.6. The van der Waals surface area contributed by atoms with Crippen molar-refractivity contribution in [2.75, 3.05) is 11.8 Å². The molecule has 0 amide bonds. The van der Waals surface area contributed by atoms with E-state index < -0.39 is 20.0 Å². The van der Waals surface area contributed by atoms with Gasteiger partial charge in [0.05, 0.1) is 15.5 Å². The predicted octanol–water partition coefficient (Wildman–Crippen LogP) is 2.01. The van der Waals surface area contributed by atoms with Gasteiger partial charge in [-0.15, -0.1) is 0 Å². The Bertz CT molecular complexity index is 936. The summed E-state index contributed by atoms with van der Waals surface area (Å²) in [5.41, 5.74) is 2.23. The Morgan fingerprint density at radius 3 is 2.00 bits per heavy atom. The van der Waals surface area contributed by atoms with E-state index in [0.29, 0.717) is 5.69 Å². The van der Waals surface area contributed by atoms with E-state index in [4.69, 9.17) is 0 Å². The molecule has 2 aromatic rings. The van der Waals surface area contributed by atoms with Crippen molar-refractivity contribution in [2.24, 2.45) is 0 Å². The van der Waals surface area contributed by atoms with E-state index >= 15 is 0 Å². The standard InChI is InChI=1S/C15H18N2O4S2/c1-11-6-4-9-15(12(11)2)17-23(20,21)14-8-5-7-13(10-14)22(18,19)16-3/h4-10,16-17H,1-3H3. The second kappa shape index (κ2) is 6.31. The zero-order chi connectivity index (χ0) is 17.3. The van der Waals surface area contributed by atoms with Gasteiger partial charge in [-0.2, -0.15) is 0 Å². The molecule has 0 aliphatic rings. The Hall–Kier alpha value is -1.90. The van der Waals surface area contributed by atoms with Gasteiger partial charge >= 0.3 is 0 Å². The Balaban J connectivity index is 2.45. The molecule has 0 bridgehead atoms. The summed E-state index contributed by atoms with van der Waals surface area (Å²) in [6.45, 7) is 3.70. The largest absolute Gasteiger partial charge is 0.279 e. The van der Waals surface area contributed by atoms with Gasteiger partial charge in [0.25, 0.3) is 10.0 Å². The SMILES string of the molecule is CNS(=O)(=O)c1cccc(S(=O)(=O)Nc2cccc(C)c2C)c1. The molecule has 8 heteroatoms. The van der Waals surface area contributed by atoms with Crippen molar-refractivity contribution in [3.8, 4) is 0 Å². The van der Waals surface area contributed by atoms with Crippen LogP contribution in [0.25, 0.3) is 0 Å². The molecule has 0 atom stereocenters. The maximum Gasteiger partial charge on any atom is 0.261 e. The van der Waals surface area contributed by atoms with Crippen molar-refractivity contribution in [3.63, 3.8) is 0 Å². The molecule has 2 N–H and O–H groups in total. The van der Waals surface area contributed by atoms with Gasteiger partial charge in [-0.1, -0.05) is 18.2 Å². The molecule has 0 aliphatic carbocycles. The number of hydrogen-bond donors (Lipinski definition) is 2. The smallest absolute Gasteiger partial charge is 0.261 e. The van der Waals surface area contributed by atoms with Crippen LogP contribution in [0.1, 0.15) is 11.1 Å². The number of sulfonamides is 2. The van der Waals surface area contributed by atoms with Gasteiger partial charge < -0.3 is 0 Å². The summed E-state index contributed by atoms with van der Waals surface area (Å²) >= 11 is 0. The number of hydrogen-bond acceptors (Lipinski definition) is 4. The van der Waals surface area contributed by atoms with Crippen molar-refractivity contribution in [1.82, 2.24) is 4.72 Å². The van der Waals surface area contributed by atoms with E-state index in [2.05, 4.69) is 9.44 Å². The third-order valence-electron chi connectivity index (χ3n) is 3.54. The van der Waals surface area contributed by atoms with Gasteiger partial charge in [0.15, 0.2) is 0 Å². The Labute approximate surface area is 136 Å². The fraction of sp³-hybridized carbons (Fsp3) is 0.200. The lowest BCUT2D eigenvalue weighted by Gasteiger charge is -2.13. The highest BCUT2D eigenvalue weighted by Crippen LogP contribution is 2.23. The van der Waals surface area contributed by atoms with Crippen molar-refractivity contribution in [2.45, 2.75) is 23.6 Å². The van der Waals surface area contributed by atoms with E-state index in [1.54, 1.807) is 12.1 Å². The molecule has 0 spiro atoms. The quantitative estimate of drug-likeness (QED) is 0.859. The molecule has 0 saturated heterocycles. The van der Waals surface area contributed by atoms with Crippen molar-refractivity contribution in [3.05, 3.63) is 53.6 Å². The predicted molar refractivity (Wildman–Crippen MR) is 89.4 cm³/mol. The van der Waals surface area contributed by atoms with Crippen LogP contribution >= 0.6 is 0 Å². The average molecular weight is 354 g/mol. The minimum atomic E-state index is -3.89. The monoisotopic (exact) mass is 354 g/mol. The lowest BCUT2D eigenvalue weighted by atomic mass is 10.1. The normalized spacial score (nSPS) is 12.1. The van der Waals surface area contributed by atoms with E-state index in [1.165, 1.54) is 25.2 Å². The molecular formula is C15H18N2O4S2. The summed E-state index contributed by atoms with van der Waals surface area (Å²) in [7, 11) is -6.33. The van der Waals surface area contributed by atoms with E-state index in [-0.39, 0.29) is 9.79 Å². The first-order valence-electron chi connectivity index (χ1n) is 6.80. The summed E-state index contributed by atoms with van der Waals surface area (Å²) in [5.74, 6) is 0. The molecule has 0 fully saturated rings. The van der Waals surface area contributed by atoms with Crippen LogP contribution < -0.4 is 9.44 Å². The molecule has 0 unspecified atom stereocenters. The number of nitrogens with one attached hydrogen (secondary N) is 2. The van der Waals surface area contributed by atoms with Crippen LogP contribution in [0.3, 0.4) is 0 Å². The van der Waals surface area contributed by atoms with Gasteiger partial charge in [-0.05, 0) is 56.3 Å². The summed E-state index contributed by atoms with van der Waals surface area (Å²) in [6.07, 6.45) is 0. The first kappa shape index (κ1) is 17.5. The fourth-order valence-corrected chi connectivity index (χ4v) is 4.01. The summed E-state index contributed by atoms with van der Waals surface area (Å²) in [4.78, 5) is -0.224. The zero-order valence-electron chi connectivity index (χ0n) is 13.0. The van der Waals surface area contributed by atoms with Gasteiger partial charge in [0, 0.05) is 0 Å². The van der Waals surface area contributed by atoms with Gasteiger partial charge in [-0.3, -0.25) is 4.72 Å². The maximum atomic E-state index is 12.5. The Kier molecular flexibility index (Phi) is 4.79. The number of aryl methyl sites for hydroxylation is 1. The Morgan fingerprint density at radius 2 is 1.39 bits per heavy atom.